The number of carbonyl (C=O) groups is 1. The number of aryl methyl sites for hydroxylation is 1. The number of hydrogen-bond donors (Lipinski definition) is 2. The van der Waals surface area contributed by atoms with Gasteiger partial charge in [-0.3, -0.25) is 4.72 Å². The Morgan fingerprint density at radius 2 is 1.95 bits per heavy atom. The third-order valence-electron chi connectivity index (χ3n) is 6.77. The number of benzene rings is 2. The van der Waals surface area contributed by atoms with Crippen molar-refractivity contribution in [2.75, 3.05) is 31.1 Å². The van der Waals surface area contributed by atoms with Gasteiger partial charge in [0.15, 0.2) is 11.6 Å². The molecule has 0 spiro atoms. The Morgan fingerprint density at radius 1 is 1.23 bits per heavy atom. The van der Waals surface area contributed by atoms with Crippen molar-refractivity contribution in [1.29, 1.82) is 0 Å². The van der Waals surface area contributed by atoms with Gasteiger partial charge in [-0.25, -0.2) is 22.4 Å². The van der Waals surface area contributed by atoms with Gasteiger partial charge in [0.05, 0.1) is 16.5 Å². The number of ether oxygens (including phenoxy) is 1. The Kier molecular flexibility index (Phi) is 8.83. The highest BCUT2D eigenvalue weighted by atomic mass is 35.5. The largest absolute Gasteiger partial charge is 0.422 e. The van der Waals surface area contributed by atoms with Crippen LogP contribution in [0.5, 0.6) is 5.75 Å². The van der Waals surface area contributed by atoms with Gasteiger partial charge in [-0.2, -0.15) is 0 Å². The molecule has 1 aliphatic rings. The van der Waals surface area contributed by atoms with E-state index >= 15 is 4.39 Å². The first-order valence-corrected chi connectivity index (χ1v) is 14.6. The maximum absolute atomic E-state index is 15.4. The molecule has 0 radical (unpaired) electrons. The summed E-state index contributed by atoms with van der Waals surface area (Å²) in [5.41, 5.74) is 0.0903. The van der Waals surface area contributed by atoms with Crippen LogP contribution < -0.4 is 20.4 Å². The number of rotatable bonds is 9. The van der Waals surface area contributed by atoms with Crippen LogP contribution in [-0.4, -0.2) is 51.8 Å². The van der Waals surface area contributed by atoms with Gasteiger partial charge in [-0.1, -0.05) is 36.6 Å². The molecule has 0 unspecified atom stereocenters. The van der Waals surface area contributed by atoms with E-state index in [2.05, 4.69) is 10.0 Å². The van der Waals surface area contributed by atoms with Crippen LogP contribution >= 0.6 is 11.6 Å². The average Bonchev–Trinajstić information content (AvgIpc) is 3.38. The summed E-state index contributed by atoms with van der Waals surface area (Å²) in [5.74, 6) is -0.928. The van der Waals surface area contributed by atoms with Crippen LogP contribution in [-0.2, 0) is 16.4 Å². The zero-order chi connectivity index (χ0) is 28.3. The quantitative estimate of drug-likeness (QED) is 0.349. The van der Waals surface area contributed by atoms with E-state index in [-0.39, 0.29) is 51.9 Å². The van der Waals surface area contributed by atoms with Crippen molar-refractivity contribution in [2.24, 2.45) is 0 Å². The fraction of sp³-hybridized carbons (Fsp3) is 0.407. The highest BCUT2D eigenvalue weighted by Gasteiger charge is 2.21. The standard InChI is InChI=1S/C27H31ClFN3O6S/c1-16-19-14-21(28)24(38-27(34)32(2)3)15-23(19)37-26(33)20(16)13-17-7-6-10-22(25(17)29)31-39(35,36)12-11-30-18-8-4-5-9-18/h6-7,10,14-15,18,30-31H,4-5,8-9,11-13H2,1-3H3. The summed E-state index contributed by atoms with van der Waals surface area (Å²) in [4.78, 5) is 26.0. The SMILES string of the molecule is Cc1c(Cc2cccc(NS(=O)(=O)CCNC3CCCC3)c2F)c(=O)oc2cc(OC(=O)N(C)C)c(Cl)cc12. The Hall–Kier alpha value is -3.15. The maximum Gasteiger partial charge on any atom is 0.414 e. The highest BCUT2D eigenvalue weighted by Crippen LogP contribution is 2.33. The van der Waals surface area contributed by atoms with Gasteiger partial charge < -0.3 is 19.4 Å². The van der Waals surface area contributed by atoms with Crippen LogP contribution in [0, 0.1) is 12.7 Å². The first-order chi connectivity index (χ1) is 18.4. The number of fused-ring (bicyclic) bond motifs is 1. The van der Waals surface area contributed by atoms with E-state index in [4.69, 9.17) is 20.8 Å². The van der Waals surface area contributed by atoms with Gasteiger partial charge >= 0.3 is 11.7 Å². The minimum Gasteiger partial charge on any atom is -0.422 e. The molecule has 0 aliphatic heterocycles. The molecule has 1 saturated carbocycles. The van der Waals surface area contributed by atoms with E-state index in [0.29, 0.717) is 17.0 Å². The molecule has 1 fully saturated rings. The smallest absolute Gasteiger partial charge is 0.414 e. The molecule has 0 saturated heterocycles. The molecule has 1 aliphatic carbocycles. The lowest BCUT2D eigenvalue weighted by molar-refractivity contribution is 0.172. The van der Waals surface area contributed by atoms with E-state index in [1.807, 2.05) is 0 Å². The van der Waals surface area contributed by atoms with E-state index in [1.54, 1.807) is 6.92 Å². The van der Waals surface area contributed by atoms with Crippen LogP contribution in [0.2, 0.25) is 5.02 Å². The summed E-state index contributed by atoms with van der Waals surface area (Å²) < 4.78 is 53.6. The number of carbonyl (C=O) groups excluding carboxylic acids is 1. The molecule has 9 nitrogen and oxygen atoms in total. The summed E-state index contributed by atoms with van der Waals surface area (Å²) in [6.45, 7) is 1.95. The topological polar surface area (TPSA) is 118 Å². The summed E-state index contributed by atoms with van der Waals surface area (Å²) in [5, 5.41) is 3.86. The van der Waals surface area contributed by atoms with Crippen molar-refractivity contribution < 1.29 is 26.8 Å². The lowest BCUT2D eigenvalue weighted by Crippen LogP contribution is -2.32. The van der Waals surface area contributed by atoms with Crippen molar-refractivity contribution in [3.8, 4) is 5.75 Å². The fourth-order valence-electron chi connectivity index (χ4n) is 4.59. The number of halogens is 2. The first kappa shape index (κ1) is 28.8. The molecule has 1 heterocycles. The van der Waals surface area contributed by atoms with Crippen LogP contribution in [0.25, 0.3) is 11.0 Å². The molecule has 0 atom stereocenters. The third kappa shape index (κ3) is 6.90. The number of amides is 1. The van der Waals surface area contributed by atoms with E-state index in [0.717, 1.165) is 25.7 Å². The lowest BCUT2D eigenvalue weighted by atomic mass is 9.99. The molecule has 4 rings (SSSR count). The Balaban J connectivity index is 1.55. The minimum atomic E-state index is -3.79. The predicted octanol–water partition coefficient (Wildman–Crippen LogP) is 4.82. The number of nitrogens with zero attached hydrogens (tertiary/aromatic N) is 1. The molecule has 1 amide bonds. The second kappa shape index (κ2) is 11.9. The number of anilines is 1. The van der Waals surface area contributed by atoms with Crippen LogP contribution in [0.15, 0.2) is 39.5 Å². The molecular formula is C27H31ClFN3O6S. The monoisotopic (exact) mass is 579 g/mol. The Labute approximate surface area is 231 Å². The Morgan fingerprint density at radius 3 is 2.64 bits per heavy atom. The maximum atomic E-state index is 15.4. The van der Waals surface area contributed by atoms with Crippen LogP contribution in [0.3, 0.4) is 0 Å². The second-order valence-electron chi connectivity index (χ2n) is 9.85. The third-order valence-corrected chi connectivity index (χ3v) is 8.34. The predicted molar refractivity (Wildman–Crippen MR) is 149 cm³/mol. The van der Waals surface area contributed by atoms with Gasteiger partial charge in [0.25, 0.3) is 0 Å². The molecule has 0 bridgehead atoms. The van der Waals surface area contributed by atoms with Gasteiger partial charge in [-0.15, -0.1) is 0 Å². The number of nitrogens with one attached hydrogen (secondary N) is 2. The highest BCUT2D eigenvalue weighted by molar-refractivity contribution is 7.92. The fourth-order valence-corrected chi connectivity index (χ4v) is 5.77. The van der Waals surface area contributed by atoms with Crippen molar-refractivity contribution in [1.82, 2.24) is 10.2 Å². The second-order valence-corrected chi connectivity index (χ2v) is 12.1. The Bertz CT molecular complexity index is 1550. The molecule has 1 aromatic heterocycles. The van der Waals surface area contributed by atoms with Gasteiger partial charge in [0.2, 0.25) is 10.0 Å². The summed E-state index contributed by atoms with van der Waals surface area (Å²) in [6.07, 6.45) is 3.55. The molecular weight excluding hydrogens is 549 g/mol. The summed E-state index contributed by atoms with van der Waals surface area (Å²) >= 11 is 6.31. The van der Waals surface area contributed by atoms with Crippen molar-refractivity contribution in [3.05, 3.63) is 68.3 Å². The molecule has 39 heavy (non-hydrogen) atoms. The molecule has 12 heteroatoms. The number of hydrogen-bond acceptors (Lipinski definition) is 7. The number of sulfonamides is 1. The zero-order valence-corrected chi connectivity index (χ0v) is 23.5. The lowest BCUT2D eigenvalue weighted by Gasteiger charge is -2.15. The van der Waals surface area contributed by atoms with Gasteiger partial charge in [-0.05, 0) is 43.0 Å². The summed E-state index contributed by atoms with van der Waals surface area (Å²) in [6, 6.07) is 7.53. The van der Waals surface area contributed by atoms with E-state index in [9.17, 15) is 18.0 Å². The first-order valence-electron chi connectivity index (χ1n) is 12.6. The van der Waals surface area contributed by atoms with Crippen LogP contribution in [0.4, 0.5) is 14.9 Å². The van der Waals surface area contributed by atoms with Crippen molar-refractivity contribution in [3.63, 3.8) is 0 Å². The van der Waals surface area contributed by atoms with Gasteiger partial charge in [0.1, 0.15) is 5.58 Å². The summed E-state index contributed by atoms with van der Waals surface area (Å²) in [7, 11) is -0.762. The van der Waals surface area contributed by atoms with Crippen molar-refractivity contribution in [2.45, 2.75) is 45.1 Å². The molecule has 2 N–H and O–H groups in total. The van der Waals surface area contributed by atoms with Crippen LogP contribution in [0.1, 0.15) is 42.4 Å². The minimum absolute atomic E-state index is 0.0302. The average molecular weight is 580 g/mol. The van der Waals surface area contributed by atoms with Gasteiger partial charge in [0, 0.05) is 50.1 Å². The molecule has 210 valence electrons. The molecule has 3 aromatic rings. The van der Waals surface area contributed by atoms with E-state index < -0.39 is 27.6 Å². The normalized spacial score (nSPS) is 14.1. The van der Waals surface area contributed by atoms with Crippen molar-refractivity contribution >= 4 is 44.4 Å². The zero-order valence-electron chi connectivity index (χ0n) is 22.0. The molecule has 2 aromatic carbocycles. The van der Waals surface area contributed by atoms with E-state index in [1.165, 1.54) is 49.3 Å².